The van der Waals surface area contributed by atoms with Crippen LogP contribution >= 0.6 is 0 Å². The van der Waals surface area contributed by atoms with Gasteiger partial charge in [-0.3, -0.25) is 9.59 Å². The minimum Gasteiger partial charge on any atom is -0.455 e. The first kappa shape index (κ1) is 18.2. The second-order valence-corrected chi connectivity index (χ2v) is 6.91. The zero-order chi connectivity index (χ0) is 18.6. The minimum absolute atomic E-state index is 0.129. The summed E-state index contributed by atoms with van der Waals surface area (Å²) >= 11 is 0. The fourth-order valence-corrected chi connectivity index (χ4v) is 3.17. The van der Waals surface area contributed by atoms with Gasteiger partial charge in [-0.15, -0.1) is 0 Å². The molecule has 1 N–H and O–H groups in total. The molecular formula is C22H25NO3. The molecule has 2 aromatic carbocycles. The first-order valence-electron chi connectivity index (χ1n) is 9.16. The molecule has 0 aliphatic heterocycles. The molecule has 1 amide bonds. The van der Waals surface area contributed by atoms with Crippen LogP contribution in [0, 0.1) is 0 Å². The van der Waals surface area contributed by atoms with E-state index in [4.69, 9.17) is 4.74 Å². The predicted molar refractivity (Wildman–Crippen MR) is 101 cm³/mol. The first-order valence-corrected chi connectivity index (χ1v) is 9.16. The number of amides is 1. The standard InChI is InChI=1S/C22H25NO3/c1-3-17-9-11-18(12-10-17)16(2)23-20(24)15-26-21(25)22(13-14-22)19-7-5-4-6-8-19/h4-12,16H,3,13-15H2,1-2H3,(H,23,24)/t16-/m0/s1. The van der Waals surface area contributed by atoms with Gasteiger partial charge >= 0.3 is 5.97 Å². The van der Waals surface area contributed by atoms with E-state index in [1.54, 1.807) is 0 Å². The molecular weight excluding hydrogens is 326 g/mol. The van der Waals surface area contributed by atoms with Crippen LogP contribution in [0.1, 0.15) is 49.4 Å². The maximum Gasteiger partial charge on any atom is 0.317 e. The largest absolute Gasteiger partial charge is 0.455 e. The van der Waals surface area contributed by atoms with Gasteiger partial charge in [0.25, 0.3) is 5.91 Å². The molecule has 136 valence electrons. The van der Waals surface area contributed by atoms with Gasteiger partial charge in [0, 0.05) is 0 Å². The third-order valence-corrected chi connectivity index (χ3v) is 5.07. The summed E-state index contributed by atoms with van der Waals surface area (Å²) in [6.07, 6.45) is 2.54. The van der Waals surface area contributed by atoms with E-state index in [1.807, 2.05) is 49.4 Å². The molecule has 0 bridgehead atoms. The van der Waals surface area contributed by atoms with Gasteiger partial charge in [-0.2, -0.15) is 0 Å². The Kier molecular flexibility index (Phi) is 5.40. The van der Waals surface area contributed by atoms with Gasteiger partial charge in [-0.1, -0.05) is 61.5 Å². The van der Waals surface area contributed by atoms with Crippen molar-refractivity contribution in [3.63, 3.8) is 0 Å². The quantitative estimate of drug-likeness (QED) is 0.774. The molecule has 0 radical (unpaired) electrons. The highest BCUT2D eigenvalue weighted by molar-refractivity contribution is 5.89. The van der Waals surface area contributed by atoms with Crippen molar-refractivity contribution in [1.82, 2.24) is 5.32 Å². The third kappa shape index (κ3) is 3.96. The Balaban J connectivity index is 1.51. The molecule has 2 aromatic rings. The van der Waals surface area contributed by atoms with E-state index in [9.17, 15) is 9.59 Å². The summed E-state index contributed by atoms with van der Waals surface area (Å²) in [6.45, 7) is 3.79. The molecule has 0 aromatic heterocycles. The Morgan fingerprint density at radius 3 is 2.31 bits per heavy atom. The summed E-state index contributed by atoms with van der Waals surface area (Å²) in [7, 11) is 0. The van der Waals surface area contributed by atoms with Crippen molar-refractivity contribution in [1.29, 1.82) is 0 Å². The molecule has 3 rings (SSSR count). The molecule has 26 heavy (non-hydrogen) atoms. The van der Waals surface area contributed by atoms with Crippen molar-refractivity contribution in [3.8, 4) is 0 Å². The average Bonchev–Trinajstić information content (AvgIpc) is 3.49. The molecule has 0 spiro atoms. The highest BCUT2D eigenvalue weighted by atomic mass is 16.5. The topological polar surface area (TPSA) is 55.4 Å². The summed E-state index contributed by atoms with van der Waals surface area (Å²) < 4.78 is 5.31. The van der Waals surface area contributed by atoms with Crippen molar-refractivity contribution >= 4 is 11.9 Å². The summed E-state index contributed by atoms with van der Waals surface area (Å²) in [5.74, 6) is -0.590. The smallest absolute Gasteiger partial charge is 0.317 e. The number of rotatable bonds is 7. The second-order valence-electron chi connectivity index (χ2n) is 6.91. The van der Waals surface area contributed by atoms with E-state index in [1.165, 1.54) is 5.56 Å². The Morgan fingerprint density at radius 2 is 1.73 bits per heavy atom. The van der Waals surface area contributed by atoms with Crippen LogP contribution in [-0.4, -0.2) is 18.5 Å². The molecule has 0 saturated heterocycles. The van der Waals surface area contributed by atoms with E-state index >= 15 is 0 Å². The molecule has 1 aliphatic carbocycles. The van der Waals surface area contributed by atoms with Gasteiger partial charge in [0.2, 0.25) is 0 Å². The van der Waals surface area contributed by atoms with Crippen LogP contribution in [0.25, 0.3) is 0 Å². The number of carbonyl (C=O) groups excluding carboxylic acids is 2. The lowest BCUT2D eigenvalue weighted by atomic mass is 9.96. The summed E-state index contributed by atoms with van der Waals surface area (Å²) in [5.41, 5.74) is 2.71. The maximum atomic E-state index is 12.5. The number of nitrogens with one attached hydrogen (secondary N) is 1. The number of benzene rings is 2. The van der Waals surface area contributed by atoms with Crippen molar-refractivity contribution < 1.29 is 14.3 Å². The Labute approximate surface area is 154 Å². The molecule has 0 heterocycles. The number of carbonyl (C=O) groups is 2. The summed E-state index contributed by atoms with van der Waals surface area (Å²) in [6, 6.07) is 17.7. The van der Waals surface area contributed by atoms with E-state index in [2.05, 4.69) is 24.4 Å². The lowest BCUT2D eigenvalue weighted by Crippen LogP contribution is -2.33. The normalized spacial score (nSPS) is 15.8. The zero-order valence-electron chi connectivity index (χ0n) is 15.3. The van der Waals surface area contributed by atoms with Crippen molar-refractivity contribution in [2.45, 2.75) is 44.6 Å². The number of aryl methyl sites for hydroxylation is 1. The molecule has 1 aliphatic rings. The van der Waals surface area contributed by atoms with Crippen LogP contribution < -0.4 is 5.32 Å². The van der Waals surface area contributed by atoms with Gasteiger partial charge in [0.1, 0.15) is 0 Å². The summed E-state index contributed by atoms with van der Waals surface area (Å²) in [5, 5.41) is 2.88. The summed E-state index contributed by atoms with van der Waals surface area (Å²) in [4.78, 5) is 24.6. The van der Waals surface area contributed by atoms with Crippen molar-refractivity contribution in [3.05, 3.63) is 71.3 Å². The molecule has 1 saturated carbocycles. The minimum atomic E-state index is -0.552. The SMILES string of the molecule is CCc1ccc([C@H](C)NC(=O)COC(=O)C2(c3ccccc3)CC2)cc1. The highest BCUT2D eigenvalue weighted by Gasteiger charge is 2.52. The molecule has 4 nitrogen and oxygen atoms in total. The van der Waals surface area contributed by atoms with E-state index in [0.29, 0.717) is 0 Å². The lowest BCUT2D eigenvalue weighted by molar-refractivity contribution is -0.151. The van der Waals surface area contributed by atoms with Crippen molar-refractivity contribution in [2.24, 2.45) is 0 Å². The van der Waals surface area contributed by atoms with Crippen molar-refractivity contribution in [2.75, 3.05) is 6.61 Å². The Morgan fingerprint density at radius 1 is 1.08 bits per heavy atom. The van der Waals surface area contributed by atoms with Crippen LogP contribution in [0.15, 0.2) is 54.6 Å². The van der Waals surface area contributed by atoms with Crippen LogP contribution in [0.3, 0.4) is 0 Å². The third-order valence-electron chi connectivity index (χ3n) is 5.07. The van der Waals surface area contributed by atoms with Gasteiger partial charge in [0.15, 0.2) is 6.61 Å². The Hall–Kier alpha value is -2.62. The fourth-order valence-electron chi connectivity index (χ4n) is 3.17. The number of hydrogen-bond acceptors (Lipinski definition) is 3. The second kappa shape index (κ2) is 7.73. The van der Waals surface area contributed by atoms with Gasteiger partial charge < -0.3 is 10.1 Å². The molecule has 0 unspecified atom stereocenters. The van der Waals surface area contributed by atoms with Gasteiger partial charge in [0.05, 0.1) is 11.5 Å². The zero-order valence-corrected chi connectivity index (χ0v) is 15.3. The highest BCUT2D eigenvalue weighted by Crippen LogP contribution is 2.49. The number of esters is 1. The fraction of sp³-hybridized carbons (Fsp3) is 0.364. The van der Waals surface area contributed by atoms with Gasteiger partial charge in [-0.25, -0.2) is 0 Å². The first-order chi connectivity index (χ1) is 12.5. The predicted octanol–water partition coefficient (Wildman–Crippen LogP) is 3.70. The average molecular weight is 351 g/mol. The lowest BCUT2D eigenvalue weighted by Gasteiger charge is -2.17. The van der Waals surface area contributed by atoms with E-state index in [-0.39, 0.29) is 24.5 Å². The van der Waals surface area contributed by atoms with E-state index < -0.39 is 5.41 Å². The molecule has 1 fully saturated rings. The molecule has 4 heteroatoms. The maximum absolute atomic E-state index is 12.5. The number of hydrogen-bond donors (Lipinski definition) is 1. The molecule has 1 atom stereocenters. The van der Waals surface area contributed by atoms with Gasteiger partial charge in [-0.05, 0) is 42.9 Å². The van der Waals surface area contributed by atoms with Crippen LogP contribution in [0.2, 0.25) is 0 Å². The monoisotopic (exact) mass is 351 g/mol. The van der Waals surface area contributed by atoms with Crippen LogP contribution in [-0.2, 0) is 26.2 Å². The Bertz CT molecular complexity index is 764. The number of ether oxygens (including phenoxy) is 1. The van der Waals surface area contributed by atoms with E-state index in [0.717, 1.165) is 30.4 Å². The van der Waals surface area contributed by atoms with Crippen LogP contribution in [0.4, 0.5) is 0 Å². The van der Waals surface area contributed by atoms with Crippen LogP contribution in [0.5, 0.6) is 0 Å².